The van der Waals surface area contributed by atoms with Crippen LogP contribution in [0.3, 0.4) is 0 Å². The zero-order valence-corrected chi connectivity index (χ0v) is 10.4. The third-order valence-corrected chi connectivity index (χ3v) is 3.42. The molecule has 2 aliphatic rings. The molecule has 0 bridgehead atoms. The fourth-order valence-electron chi connectivity index (χ4n) is 2.25. The Morgan fingerprint density at radius 1 is 1.33 bits per heavy atom. The highest BCUT2D eigenvalue weighted by molar-refractivity contribution is 4.89. The van der Waals surface area contributed by atoms with Gasteiger partial charge in [-0.25, -0.2) is 0 Å². The summed E-state index contributed by atoms with van der Waals surface area (Å²) in [4.78, 5) is 0. The maximum absolute atomic E-state index is 12.1. The number of alkyl halides is 3. The highest BCUT2D eigenvalue weighted by atomic mass is 19.4. The summed E-state index contributed by atoms with van der Waals surface area (Å²) in [6, 6.07) is 0.548. The Balaban J connectivity index is 1.78. The topological polar surface area (TPSA) is 30.5 Å². The Hall–Kier alpha value is -0.330. The molecule has 0 amide bonds. The molecule has 2 rings (SSSR count). The summed E-state index contributed by atoms with van der Waals surface area (Å²) in [5.74, 6) is 0. The van der Waals surface area contributed by atoms with Crippen LogP contribution in [0.1, 0.15) is 25.7 Å². The van der Waals surface area contributed by atoms with Gasteiger partial charge in [0.2, 0.25) is 0 Å². The molecule has 2 fully saturated rings. The van der Waals surface area contributed by atoms with Gasteiger partial charge in [-0.2, -0.15) is 13.2 Å². The van der Waals surface area contributed by atoms with Crippen LogP contribution in [0.5, 0.6) is 0 Å². The highest BCUT2D eigenvalue weighted by Gasteiger charge is 2.37. The Morgan fingerprint density at radius 2 is 2.11 bits per heavy atom. The van der Waals surface area contributed by atoms with E-state index in [2.05, 4.69) is 5.32 Å². The van der Waals surface area contributed by atoms with E-state index >= 15 is 0 Å². The first-order valence-electron chi connectivity index (χ1n) is 6.45. The third-order valence-electron chi connectivity index (χ3n) is 3.42. The van der Waals surface area contributed by atoms with Crippen molar-refractivity contribution in [2.75, 3.05) is 33.0 Å². The molecular formula is C12H20F3NO2. The van der Waals surface area contributed by atoms with Crippen LogP contribution in [-0.4, -0.2) is 45.2 Å². The van der Waals surface area contributed by atoms with Crippen LogP contribution in [0.2, 0.25) is 0 Å². The van der Waals surface area contributed by atoms with Crippen LogP contribution in [0.25, 0.3) is 0 Å². The summed E-state index contributed by atoms with van der Waals surface area (Å²) in [7, 11) is 0. The molecule has 18 heavy (non-hydrogen) atoms. The minimum atomic E-state index is -4.25. The summed E-state index contributed by atoms with van der Waals surface area (Å²) < 4.78 is 46.5. The molecule has 1 aliphatic carbocycles. The van der Waals surface area contributed by atoms with Crippen LogP contribution in [-0.2, 0) is 9.47 Å². The first-order chi connectivity index (χ1) is 8.49. The molecule has 106 valence electrons. The molecule has 3 nitrogen and oxygen atoms in total. The van der Waals surface area contributed by atoms with Gasteiger partial charge in [-0.15, -0.1) is 0 Å². The van der Waals surface area contributed by atoms with E-state index in [0.29, 0.717) is 25.8 Å². The smallest absolute Gasteiger partial charge is 0.381 e. The molecule has 0 aromatic heterocycles. The third kappa shape index (κ3) is 4.74. The molecular weight excluding hydrogens is 247 g/mol. The fraction of sp³-hybridized carbons (Fsp3) is 1.00. The molecule has 1 N–H and O–H groups in total. The Morgan fingerprint density at radius 3 is 2.67 bits per heavy atom. The number of rotatable bonds is 6. The van der Waals surface area contributed by atoms with E-state index in [1.54, 1.807) is 0 Å². The van der Waals surface area contributed by atoms with Crippen molar-refractivity contribution >= 4 is 0 Å². The Labute approximate surface area is 105 Å². The van der Waals surface area contributed by atoms with Crippen molar-refractivity contribution < 1.29 is 22.6 Å². The maximum Gasteiger partial charge on any atom is 0.411 e. The fourth-order valence-corrected chi connectivity index (χ4v) is 2.25. The summed E-state index contributed by atoms with van der Waals surface area (Å²) >= 11 is 0. The second kappa shape index (κ2) is 5.75. The molecule has 1 heterocycles. The highest BCUT2D eigenvalue weighted by Crippen LogP contribution is 2.31. The monoisotopic (exact) mass is 267 g/mol. The summed E-state index contributed by atoms with van der Waals surface area (Å²) in [6.45, 7) is 0.828. The van der Waals surface area contributed by atoms with E-state index in [1.165, 1.54) is 12.8 Å². The van der Waals surface area contributed by atoms with Gasteiger partial charge in [0.25, 0.3) is 0 Å². The standard InChI is InChI=1S/C12H20F3NO2/c13-12(14,15)9-18-8-11(4-1-5-17-7-11)6-16-10-2-3-10/h10,16H,1-9H2. The summed E-state index contributed by atoms with van der Waals surface area (Å²) in [5, 5.41) is 3.37. The lowest BCUT2D eigenvalue weighted by Gasteiger charge is -2.37. The van der Waals surface area contributed by atoms with Crippen molar-refractivity contribution in [2.45, 2.75) is 37.9 Å². The molecule has 1 saturated carbocycles. The number of nitrogens with one attached hydrogen (secondary N) is 1. The van der Waals surface area contributed by atoms with Crippen molar-refractivity contribution in [3.8, 4) is 0 Å². The van der Waals surface area contributed by atoms with Crippen molar-refractivity contribution in [1.82, 2.24) is 5.32 Å². The van der Waals surface area contributed by atoms with Gasteiger partial charge in [0, 0.05) is 24.6 Å². The molecule has 0 aromatic carbocycles. The molecule has 0 spiro atoms. The number of hydrogen-bond donors (Lipinski definition) is 1. The maximum atomic E-state index is 12.1. The van der Waals surface area contributed by atoms with Gasteiger partial charge in [0.1, 0.15) is 6.61 Å². The number of ether oxygens (including phenoxy) is 2. The van der Waals surface area contributed by atoms with Gasteiger partial charge in [-0.3, -0.25) is 0 Å². The molecule has 1 saturated heterocycles. The lowest BCUT2D eigenvalue weighted by Crippen LogP contribution is -2.45. The molecule has 1 unspecified atom stereocenters. The van der Waals surface area contributed by atoms with Crippen molar-refractivity contribution in [3.05, 3.63) is 0 Å². The Bertz CT molecular complexity index is 261. The van der Waals surface area contributed by atoms with Gasteiger partial charge in [0.05, 0.1) is 13.2 Å². The van der Waals surface area contributed by atoms with Crippen LogP contribution in [0, 0.1) is 5.41 Å². The molecule has 0 aromatic rings. The molecule has 1 atom stereocenters. The minimum absolute atomic E-state index is 0.117. The molecule has 6 heteroatoms. The second-order valence-corrected chi connectivity index (χ2v) is 5.42. The normalized spacial score (nSPS) is 29.5. The van der Waals surface area contributed by atoms with Gasteiger partial charge in [0.15, 0.2) is 0 Å². The van der Waals surface area contributed by atoms with Crippen LogP contribution >= 0.6 is 0 Å². The first-order valence-corrected chi connectivity index (χ1v) is 6.45. The quantitative estimate of drug-likeness (QED) is 0.799. The lowest BCUT2D eigenvalue weighted by atomic mass is 9.83. The van der Waals surface area contributed by atoms with Gasteiger partial charge < -0.3 is 14.8 Å². The average Bonchev–Trinajstić information content (AvgIpc) is 3.10. The van der Waals surface area contributed by atoms with Crippen LogP contribution < -0.4 is 5.32 Å². The van der Waals surface area contributed by atoms with Gasteiger partial charge >= 0.3 is 6.18 Å². The SMILES string of the molecule is FC(F)(F)COCC1(CNC2CC2)CCCOC1. The van der Waals surface area contributed by atoms with E-state index in [-0.39, 0.29) is 12.0 Å². The van der Waals surface area contributed by atoms with E-state index in [9.17, 15) is 13.2 Å². The molecule has 1 aliphatic heterocycles. The Kier molecular flexibility index (Phi) is 4.50. The number of halogens is 3. The van der Waals surface area contributed by atoms with E-state index in [4.69, 9.17) is 9.47 Å². The largest absolute Gasteiger partial charge is 0.411 e. The van der Waals surface area contributed by atoms with Crippen molar-refractivity contribution in [2.24, 2.45) is 5.41 Å². The average molecular weight is 267 g/mol. The first kappa shape index (κ1) is 14.1. The summed E-state index contributed by atoms with van der Waals surface area (Å²) in [6.07, 6.45) is -0.159. The van der Waals surface area contributed by atoms with Gasteiger partial charge in [-0.05, 0) is 25.7 Å². The van der Waals surface area contributed by atoms with Crippen molar-refractivity contribution in [1.29, 1.82) is 0 Å². The van der Waals surface area contributed by atoms with E-state index in [0.717, 1.165) is 12.8 Å². The predicted octanol–water partition coefficient (Wildman–Crippen LogP) is 2.11. The van der Waals surface area contributed by atoms with E-state index < -0.39 is 12.8 Å². The lowest BCUT2D eigenvalue weighted by molar-refractivity contribution is -0.186. The van der Waals surface area contributed by atoms with Crippen LogP contribution in [0.4, 0.5) is 13.2 Å². The zero-order chi connectivity index (χ0) is 13.1. The minimum Gasteiger partial charge on any atom is -0.381 e. The zero-order valence-electron chi connectivity index (χ0n) is 10.4. The predicted molar refractivity (Wildman–Crippen MR) is 60.4 cm³/mol. The molecule has 0 radical (unpaired) electrons. The second-order valence-electron chi connectivity index (χ2n) is 5.42. The van der Waals surface area contributed by atoms with Gasteiger partial charge in [-0.1, -0.05) is 0 Å². The van der Waals surface area contributed by atoms with Crippen LogP contribution in [0.15, 0.2) is 0 Å². The van der Waals surface area contributed by atoms with E-state index in [1.807, 2.05) is 0 Å². The van der Waals surface area contributed by atoms with Crippen molar-refractivity contribution in [3.63, 3.8) is 0 Å². The summed E-state index contributed by atoms with van der Waals surface area (Å²) in [5.41, 5.74) is -0.286. The number of hydrogen-bond acceptors (Lipinski definition) is 3.